The highest BCUT2D eigenvalue weighted by atomic mass is 16.5. The molecule has 0 aliphatic carbocycles. The molecule has 29 heavy (non-hydrogen) atoms. The summed E-state index contributed by atoms with van der Waals surface area (Å²) < 4.78 is 8.46. The van der Waals surface area contributed by atoms with Crippen LogP contribution < -0.4 is 15.7 Å². The first-order valence-electron chi connectivity index (χ1n) is 9.42. The van der Waals surface area contributed by atoms with Crippen molar-refractivity contribution in [3.8, 4) is 5.75 Å². The second-order valence-corrected chi connectivity index (χ2v) is 6.58. The first-order chi connectivity index (χ1) is 14.0. The number of carboxylic acid groups (broad SMARTS) is 1. The SMILES string of the molecule is CCCn1c(=O)n(CCC(=O)Nc2cccc(OCC(=O)O)c2)c2ccccc21. The highest BCUT2D eigenvalue weighted by Crippen LogP contribution is 2.18. The third kappa shape index (κ3) is 4.84. The maximum Gasteiger partial charge on any atom is 0.341 e. The highest BCUT2D eigenvalue weighted by molar-refractivity contribution is 5.91. The van der Waals surface area contributed by atoms with Crippen LogP contribution in [0.2, 0.25) is 0 Å². The number of para-hydroxylation sites is 2. The zero-order valence-electron chi connectivity index (χ0n) is 16.1. The first kappa shape index (κ1) is 20.2. The van der Waals surface area contributed by atoms with E-state index in [9.17, 15) is 14.4 Å². The quantitative estimate of drug-likeness (QED) is 0.578. The van der Waals surface area contributed by atoms with Crippen LogP contribution in [0.4, 0.5) is 5.69 Å². The van der Waals surface area contributed by atoms with Gasteiger partial charge in [0.1, 0.15) is 5.75 Å². The van der Waals surface area contributed by atoms with E-state index in [0.29, 0.717) is 18.0 Å². The number of carbonyl (C=O) groups is 2. The van der Waals surface area contributed by atoms with Crippen molar-refractivity contribution < 1.29 is 19.4 Å². The third-order valence-electron chi connectivity index (χ3n) is 4.41. The van der Waals surface area contributed by atoms with Gasteiger partial charge in [0.25, 0.3) is 0 Å². The predicted molar refractivity (Wildman–Crippen MR) is 109 cm³/mol. The average molecular weight is 397 g/mol. The predicted octanol–water partition coefficient (Wildman–Crippen LogP) is 2.71. The minimum absolute atomic E-state index is 0.120. The van der Waals surface area contributed by atoms with E-state index in [4.69, 9.17) is 9.84 Å². The summed E-state index contributed by atoms with van der Waals surface area (Å²) in [7, 11) is 0. The molecule has 2 aromatic carbocycles. The van der Waals surface area contributed by atoms with Crippen LogP contribution >= 0.6 is 0 Å². The summed E-state index contributed by atoms with van der Waals surface area (Å²) in [5.74, 6) is -0.976. The first-order valence-corrected chi connectivity index (χ1v) is 9.42. The Morgan fingerprint density at radius 3 is 2.38 bits per heavy atom. The van der Waals surface area contributed by atoms with Crippen LogP contribution in [0.1, 0.15) is 19.8 Å². The van der Waals surface area contributed by atoms with Gasteiger partial charge in [-0.2, -0.15) is 0 Å². The lowest BCUT2D eigenvalue weighted by molar-refractivity contribution is -0.139. The Morgan fingerprint density at radius 2 is 1.72 bits per heavy atom. The second kappa shape index (κ2) is 9.09. The number of fused-ring (bicyclic) bond motifs is 1. The Kier molecular flexibility index (Phi) is 6.33. The number of hydrogen-bond donors (Lipinski definition) is 2. The fraction of sp³-hybridized carbons (Fsp3) is 0.286. The van der Waals surface area contributed by atoms with E-state index >= 15 is 0 Å². The minimum Gasteiger partial charge on any atom is -0.482 e. The standard InChI is InChI=1S/C21H23N3O5/c1-2-11-23-17-8-3-4-9-18(17)24(21(23)28)12-10-19(25)22-15-6-5-7-16(13-15)29-14-20(26)27/h3-9,13H,2,10-12,14H2,1H3,(H,22,25)(H,26,27). The van der Waals surface area contributed by atoms with Crippen LogP contribution in [0.5, 0.6) is 5.75 Å². The summed E-state index contributed by atoms with van der Waals surface area (Å²) in [6, 6.07) is 14.1. The number of benzene rings is 2. The fourth-order valence-electron chi connectivity index (χ4n) is 3.17. The van der Waals surface area contributed by atoms with Gasteiger partial charge in [-0.25, -0.2) is 9.59 Å². The number of aliphatic carboxylic acids is 1. The molecule has 1 amide bonds. The van der Waals surface area contributed by atoms with Crippen molar-refractivity contribution >= 4 is 28.6 Å². The third-order valence-corrected chi connectivity index (χ3v) is 4.41. The molecule has 3 rings (SSSR count). The van der Waals surface area contributed by atoms with E-state index in [1.54, 1.807) is 33.4 Å². The lowest BCUT2D eigenvalue weighted by Crippen LogP contribution is -2.26. The van der Waals surface area contributed by atoms with Crippen LogP contribution in [-0.4, -0.2) is 32.7 Å². The summed E-state index contributed by atoms with van der Waals surface area (Å²) in [5, 5.41) is 11.4. The molecule has 8 nitrogen and oxygen atoms in total. The summed E-state index contributed by atoms with van der Waals surface area (Å²) in [4.78, 5) is 35.7. The van der Waals surface area contributed by atoms with E-state index in [-0.39, 0.29) is 24.6 Å². The minimum atomic E-state index is -1.08. The van der Waals surface area contributed by atoms with Gasteiger partial charge < -0.3 is 15.2 Å². The molecule has 0 radical (unpaired) electrons. The summed E-state index contributed by atoms with van der Waals surface area (Å²) >= 11 is 0. The number of nitrogens with one attached hydrogen (secondary N) is 1. The number of hydrogen-bond acceptors (Lipinski definition) is 4. The number of rotatable bonds is 9. The Balaban J connectivity index is 1.69. The van der Waals surface area contributed by atoms with Crippen molar-refractivity contribution in [2.24, 2.45) is 0 Å². The molecule has 0 saturated carbocycles. The van der Waals surface area contributed by atoms with Crippen molar-refractivity contribution in [1.82, 2.24) is 9.13 Å². The van der Waals surface area contributed by atoms with E-state index in [1.165, 1.54) is 0 Å². The van der Waals surface area contributed by atoms with E-state index in [1.807, 2.05) is 31.2 Å². The number of aromatic nitrogens is 2. The zero-order valence-corrected chi connectivity index (χ0v) is 16.1. The molecular weight excluding hydrogens is 374 g/mol. The number of anilines is 1. The monoisotopic (exact) mass is 397 g/mol. The molecule has 3 aromatic rings. The number of imidazole rings is 1. The molecule has 0 spiro atoms. The Morgan fingerprint density at radius 1 is 1.03 bits per heavy atom. The Labute approximate surface area is 167 Å². The van der Waals surface area contributed by atoms with Gasteiger partial charge in [-0.15, -0.1) is 0 Å². The topological polar surface area (TPSA) is 103 Å². The van der Waals surface area contributed by atoms with E-state index < -0.39 is 12.6 Å². The van der Waals surface area contributed by atoms with Crippen molar-refractivity contribution in [3.63, 3.8) is 0 Å². The number of amides is 1. The molecule has 0 unspecified atom stereocenters. The van der Waals surface area contributed by atoms with Crippen LogP contribution in [0, 0.1) is 0 Å². The number of ether oxygens (including phenoxy) is 1. The zero-order chi connectivity index (χ0) is 20.8. The van der Waals surface area contributed by atoms with Gasteiger partial charge in [0.05, 0.1) is 11.0 Å². The number of aryl methyl sites for hydroxylation is 2. The molecule has 2 N–H and O–H groups in total. The largest absolute Gasteiger partial charge is 0.482 e. The molecule has 1 heterocycles. The molecule has 0 saturated heterocycles. The van der Waals surface area contributed by atoms with Gasteiger partial charge in [0, 0.05) is 31.3 Å². The second-order valence-electron chi connectivity index (χ2n) is 6.58. The van der Waals surface area contributed by atoms with Crippen LogP contribution in [0.3, 0.4) is 0 Å². The molecular formula is C21H23N3O5. The van der Waals surface area contributed by atoms with Gasteiger partial charge in [-0.05, 0) is 30.7 Å². The van der Waals surface area contributed by atoms with E-state index in [0.717, 1.165) is 17.5 Å². The smallest absolute Gasteiger partial charge is 0.341 e. The molecule has 0 atom stereocenters. The molecule has 0 aliphatic heterocycles. The number of carbonyl (C=O) groups excluding carboxylic acids is 1. The molecule has 0 aliphatic rings. The summed E-state index contributed by atoms with van der Waals surface area (Å²) in [6.45, 7) is 2.45. The fourth-order valence-corrected chi connectivity index (χ4v) is 3.17. The van der Waals surface area contributed by atoms with Crippen molar-refractivity contribution in [1.29, 1.82) is 0 Å². The lowest BCUT2D eigenvalue weighted by atomic mass is 10.2. The van der Waals surface area contributed by atoms with Gasteiger partial charge in [-0.3, -0.25) is 13.9 Å². The Hall–Kier alpha value is -3.55. The average Bonchev–Trinajstić information content (AvgIpc) is 2.97. The van der Waals surface area contributed by atoms with E-state index in [2.05, 4.69) is 5.32 Å². The normalized spacial score (nSPS) is 10.8. The summed E-state index contributed by atoms with van der Waals surface area (Å²) in [6.07, 6.45) is 0.967. The van der Waals surface area contributed by atoms with Crippen LogP contribution in [-0.2, 0) is 22.7 Å². The molecule has 0 bridgehead atoms. The molecule has 0 fully saturated rings. The Bertz CT molecular complexity index is 1080. The van der Waals surface area contributed by atoms with Gasteiger partial charge in [0.15, 0.2) is 6.61 Å². The van der Waals surface area contributed by atoms with Gasteiger partial charge in [-0.1, -0.05) is 25.1 Å². The summed E-state index contributed by atoms with van der Waals surface area (Å²) in [5.41, 5.74) is 2.05. The van der Waals surface area contributed by atoms with Crippen molar-refractivity contribution in [2.45, 2.75) is 32.9 Å². The maximum absolute atomic E-state index is 12.8. The number of carboxylic acids is 1. The van der Waals surface area contributed by atoms with Crippen molar-refractivity contribution in [2.75, 3.05) is 11.9 Å². The highest BCUT2D eigenvalue weighted by Gasteiger charge is 2.13. The maximum atomic E-state index is 12.8. The van der Waals surface area contributed by atoms with Gasteiger partial charge in [0.2, 0.25) is 5.91 Å². The van der Waals surface area contributed by atoms with Crippen LogP contribution in [0.15, 0.2) is 53.3 Å². The van der Waals surface area contributed by atoms with Crippen LogP contribution in [0.25, 0.3) is 11.0 Å². The molecule has 152 valence electrons. The molecule has 8 heteroatoms. The molecule has 1 aromatic heterocycles. The number of nitrogens with zero attached hydrogens (tertiary/aromatic N) is 2. The lowest BCUT2D eigenvalue weighted by Gasteiger charge is -2.08. The van der Waals surface area contributed by atoms with Crippen molar-refractivity contribution in [3.05, 3.63) is 59.0 Å². The van der Waals surface area contributed by atoms with Gasteiger partial charge >= 0.3 is 11.7 Å².